The molecule has 0 aliphatic carbocycles. The Morgan fingerprint density at radius 2 is 1.23 bits per heavy atom. The van der Waals surface area contributed by atoms with Gasteiger partial charge in [0.05, 0.1) is 0 Å². The molecule has 0 bridgehead atoms. The van der Waals surface area contributed by atoms with Crippen LogP contribution in [0.2, 0.25) is 0 Å². The molecule has 3 heteroatoms. The predicted octanol–water partition coefficient (Wildman–Crippen LogP) is 4.86. The summed E-state index contributed by atoms with van der Waals surface area (Å²) in [7, 11) is 0. The Labute approximate surface area is 193 Å². The van der Waals surface area contributed by atoms with Crippen LogP contribution >= 0.6 is 6.61 Å². The Morgan fingerprint density at radius 3 is 1.84 bits per heavy atom. The average Bonchev–Trinajstić information content (AvgIpc) is 2.69. The van der Waals surface area contributed by atoms with E-state index in [0.717, 1.165) is 0 Å². The van der Waals surface area contributed by atoms with Crippen molar-refractivity contribution >= 4 is 58.8 Å². The summed E-state index contributed by atoms with van der Waals surface area (Å²) < 4.78 is 0. The number of hydrogen-bond acceptors (Lipinski definition) is 0. The van der Waals surface area contributed by atoms with E-state index >= 15 is 0 Å². The maximum atomic E-state index is 2.42. The number of benzene rings is 4. The van der Waals surface area contributed by atoms with Gasteiger partial charge in [-0.2, -0.15) is 0 Å². The quantitative estimate of drug-likeness (QED) is 0.281. The fourth-order valence-corrected chi connectivity index (χ4v) is 15.8. The summed E-state index contributed by atoms with van der Waals surface area (Å²) in [6, 6.07) is 23.5. The van der Waals surface area contributed by atoms with E-state index in [0.29, 0.717) is 19.9 Å². The summed E-state index contributed by atoms with van der Waals surface area (Å²) in [6.45, 7) is 13.4. The summed E-state index contributed by atoms with van der Waals surface area (Å²) in [6.07, 6.45) is 0. The first-order valence-electron chi connectivity index (χ1n) is 11.0. The Morgan fingerprint density at radius 1 is 0.677 bits per heavy atom. The van der Waals surface area contributed by atoms with Crippen molar-refractivity contribution in [2.24, 2.45) is 0 Å². The molecule has 1 aliphatic rings. The standard InChI is InChI=1S/C28H28BPSe/c1-17-13-19(3)27(20(4)14-17)29-24-11-7-9-23-10-8-12-25(26(23)24)30(31-29)28-21(5)15-18(2)16-22(28)6/h7-16H,1-6H3. The summed E-state index contributed by atoms with van der Waals surface area (Å²) in [5.74, 6) is 0. The molecule has 0 fully saturated rings. The molecule has 0 spiro atoms. The van der Waals surface area contributed by atoms with Gasteiger partial charge in [-0.3, -0.25) is 0 Å². The zero-order chi connectivity index (χ0) is 21.9. The molecule has 5 rings (SSSR count). The van der Waals surface area contributed by atoms with E-state index in [-0.39, 0.29) is 6.61 Å². The van der Waals surface area contributed by atoms with Gasteiger partial charge in [0.1, 0.15) is 0 Å². The van der Waals surface area contributed by atoms with Crippen molar-refractivity contribution in [1.29, 1.82) is 0 Å². The van der Waals surface area contributed by atoms with E-state index in [1.165, 1.54) is 44.2 Å². The molecule has 1 aliphatic heterocycles. The molecule has 1 unspecified atom stereocenters. The summed E-state index contributed by atoms with van der Waals surface area (Å²) in [4.78, 5) is 0. The molecular weight excluding hydrogens is 457 g/mol. The first-order valence-corrected chi connectivity index (χ1v) is 15.5. The Kier molecular flexibility index (Phi) is 5.38. The number of hydrogen-bond donors (Lipinski definition) is 0. The SMILES string of the molecule is Cc1cc(C)c(B2[Se]P(c3c(C)cc(C)cc3C)c3cccc4cccc2c34)c(C)c1. The van der Waals surface area contributed by atoms with E-state index in [9.17, 15) is 0 Å². The molecule has 0 N–H and O–H groups in total. The third kappa shape index (κ3) is 3.50. The van der Waals surface area contributed by atoms with Crippen LogP contribution < -0.4 is 21.5 Å². The van der Waals surface area contributed by atoms with Crippen molar-refractivity contribution in [3.8, 4) is 0 Å². The van der Waals surface area contributed by atoms with E-state index in [2.05, 4.69) is 102 Å². The minimum absolute atomic E-state index is 0.359. The second-order valence-electron chi connectivity index (χ2n) is 9.06. The van der Waals surface area contributed by atoms with Crippen molar-refractivity contribution in [3.63, 3.8) is 0 Å². The summed E-state index contributed by atoms with van der Waals surface area (Å²) in [5.41, 5.74) is 12.2. The van der Waals surface area contributed by atoms with Crippen molar-refractivity contribution in [2.45, 2.75) is 41.5 Å². The van der Waals surface area contributed by atoms with Gasteiger partial charge < -0.3 is 0 Å². The Balaban J connectivity index is 1.82. The normalized spacial score (nSPS) is 15.5. The van der Waals surface area contributed by atoms with Crippen LogP contribution in [0.1, 0.15) is 33.4 Å². The van der Waals surface area contributed by atoms with Crippen LogP contribution in [0, 0.1) is 41.5 Å². The molecule has 0 nitrogen and oxygen atoms in total. The molecule has 0 amide bonds. The molecule has 0 radical (unpaired) electrons. The summed E-state index contributed by atoms with van der Waals surface area (Å²) >= 11 is 0.452. The molecule has 31 heavy (non-hydrogen) atoms. The molecule has 154 valence electrons. The van der Waals surface area contributed by atoms with Crippen LogP contribution in [-0.2, 0) is 0 Å². The molecule has 0 saturated carbocycles. The van der Waals surface area contributed by atoms with Crippen molar-refractivity contribution < 1.29 is 0 Å². The molecule has 0 aromatic heterocycles. The van der Waals surface area contributed by atoms with E-state index in [1.54, 1.807) is 21.5 Å². The second kappa shape index (κ2) is 7.93. The van der Waals surface area contributed by atoms with Crippen molar-refractivity contribution in [1.82, 2.24) is 0 Å². The van der Waals surface area contributed by atoms with Crippen LogP contribution in [0.3, 0.4) is 0 Å². The van der Waals surface area contributed by atoms with E-state index in [4.69, 9.17) is 0 Å². The third-order valence-corrected chi connectivity index (χ3v) is 14.9. The molecular formula is C28H28BPSe. The van der Waals surface area contributed by atoms with Gasteiger partial charge >= 0.3 is 194 Å². The molecule has 4 aromatic carbocycles. The monoisotopic (exact) mass is 486 g/mol. The van der Waals surface area contributed by atoms with E-state index in [1.807, 2.05) is 0 Å². The zero-order valence-corrected chi connectivity index (χ0v) is 21.8. The average molecular weight is 485 g/mol. The summed E-state index contributed by atoms with van der Waals surface area (Å²) in [5, 5.41) is 6.13. The molecule has 1 atom stereocenters. The van der Waals surface area contributed by atoms with Crippen molar-refractivity contribution in [3.05, 3.63) is 94.0 Å². The Bertz CT molecular complexity index is 1200. The van der Waals surface area contributed by atoms with Gasteiger partial charge in [-0.1, -0.05) is 0 Å². The molecule has 1 heterocycles. The minimum atomic E-state index is -0.359. The fraction of sp³-hybridized carbons (Fsp3) is 0.214. The molecule has 4 aromatic rings. The van der Waals surface area contributed by atoms with E-state index < -0.39 is 0 Å². The van der Waals surface area contributed by atoms with Gasteiger partial charge in [0.2, 0.25) is 0 Å². The predicted molar refractivity (Wildman–Crippen MR) is 142 cm³/mol. The van der Waals surface area contributed by atoms with Gasteiger partial charge in [-0.05, 0) is 0 Å². The topological polar surface area (TPSA) is 0 Å². The maximum absolute atomic E-state index is 2.42. The fourth-order valence-electron chi connectivity index (χ4n) is 5.44. The van der Waals surface area contributed by atoms with Crippen LogP contribution in [-0.4, -0.2) is 19.9 Å². The van der Waals surface area contributed by atoms with Crippen LogP contribution in [0.4, 0.5) is 0 Å². The van der Waals surface area contributed by atoms with Crippen LogP contribution in [0.25, 0.3) is 10.8 Å². The first kappa shape index (κ1) is 21.0. The van der Waals surface area contributed by atoms with Crippen LogP contribution in [0.5, 0.6) is 0 Å². The number of aryl methyl sites for hydroxylation is 6. The molecule has 0 saturated heterocycles. The van der Waals surface area contributed by atoms with Gasteiger partial charge in [0.25, 0.3) is 0 Å². The van der Waals surface area contributed by atoms with Gasteiger partial charge in [-0.25, -0.2) is 0 Å². The Hall–Kier alpha value is -1.85. The number of rotatable bonds is 2. The van der Waals surface area contributed by atoms with Crippen molar-refractivity contribution in [2.75, 3.05) is 0 Å². The second-order valence-corrected chi connectivity index (χ2v) is 15.4. The third-order valence-electron chi connectivity index (χ3n) is 6.47. The zero-order valence-electron chi connectivity index (χ0n) is 19.2. The van der Waals surface area contributed by atoms with Crippen LogP contribution in [0.15, 0.2) is 60.7 Å². The van der Waals surface area contributed by atoms with Gasteiger partial charge in [0.15, 0.2) is 0 Å². The van der Waals surface area contributed by atoms with Gasteiger partial charge in [0, 0.05) is 0 Å². The van der Waals surface area contributed by atoms with Gasteiger partial charge in [-0.15, -0.1) is 0 Å². The first-order chi connectivity index (χ1) is 14.8.